The number of carbonyl (C=O) groups excluding carboxylic acids is 3. The van der Waals surface area contributed by atoms with Crippen molar-refractivity contribution in [2.45, 2.75) is 13.0 Å². The van der Waals surface area contributed by atoms with Gasteiger partial charge in [-0.25, -0.2) is 8.78 Å². The number of hydrogen-bond acceptors (Lipinski definition) is 5. The molecule has 4 N–H and O–H groups in total. The van der Waals surface area contributed by atoms with E-state index < -0.39 is 53.2 Å². The molecule has 0 radical (unpaired) electrons. The first kappa shape index (κ1) is 22.3. The Morgan fingerprint density at radius 3 is 2.44 bits per heavy atom. The zero-order valence-corrected chi connectivity index (χ0v) is 15.8. The van der Waals surface area contributed by atoms with Crippen molar-refractivity contribution < 1.29 is 36.7 Å². The number of rotatable bonds is 6. The minimum Gasteiger partial charge on any atom is -0.434 e. The number of nitrogens with one attached hydrogen (secondary N) is 2. The van der Waals surface area contributed by atoms with Crippen molar-refractivity contribution in [3.63, 3.8) is 0 Å². The van der Waals surface area contributed by atoms with E-state index in [9.17, 15) is 37.2 Å². The van der Waals surface area contributed by atoms with Crippen LogP contribution in [-0.2, 0) is 9.59 Å². The molecule has 0 bridgehead atoms. The summed E-state index contributed by atoms with van der Waals surface area (Å²) < 4.78 is 55.9. The lowest BCUT2D eigenvalue weighted by Crippen LogP contribution is -2.20. The molecule has 0 aromatic heterocycles. The van der Waals surface area contributed by atoms with E-state index in [1.54, 1.807) is 0 Å². The quantitative estimate of drug-likeness (QED) is 0.355. The van der Waals surface area contributed by atoms with Crippen molar-refractivity contribution in [1.82, 2.24) is 0 Å². The third kappa shape index (κ3) is 4.22. The molecule has 3 rings (SSSR count). The predicted molar refractivity (Wildman–Crippen MR) is 103 cm³/mol. The van der Waals surface area contributed by atoms with Gasteiger partial charge in [-0.1, -0.05) is 12.1 Å². The van der Waals surface area contributed by atoms with Gasteiger partial charge in [0.1, 0.15) is 17.4 Å². The van der Waals surface area contributed by atoms with Gasteiger partial charge in [-0.2, -0.15) is 14.0 Å². The molecule has 1 aliphatic rings. The van der Waals surface area contributed by atoms with E-state index in [0.29, 0.717) is 0 Å². The summed E-state index contributed by atoms with van der Waals surface area (Å²) in [6.07, 6.45) is -3.21. The van der Waals surface area contributed by atoms with Crippen LogP contribution in [0.4, 0.5) is 28.9 Å². The number of nitrogens with zero attached hydrogens (tertiary/aromatic N) is 1. The average Bonchev–Trinajstić information content (AvgIpc) is 3.03. The van der Waals surface area contributed by atoms with Gasteiger partial charge in [-0.15, -0.1) is 0 Å². The number of carbonyl (C=O) groups is 3. The Bertz CT molecular complexity index is 1200. The molecule has 3 amide bonds. The van der Waals surface area contributed by atoms with Gasteiger partial charge in [0.2, 0.25) is 0 Å². The van der Waals surface area contributed by atoms with E-state index >= 15 is 0 Å². The number of nitriles is 1. The molecule has 0 spiro atoms. The third-order valence-electron chi connectivity index (χ3n) is 4.38. The molecular weight excluding hydrogens is 436 g/mol. The van der Waals surface area contributed by atoms with Crippen LogP contribution in [0.15, 0.2) is 42.0 Å². The van der Waals surface area contributed by atoms with Crippen molar-refractivity contribution in [2.24, 2.45) is 5.73 Å². The van der Waals surface area contributed by atoms with Crippen molar-refractivity contribution in [1.29, 1.82) is 5.26 Å². The second-order valence-electron chi connectivity index (χ2n) is 6.29. The van der Waals surface area contributed by atoms with Crippen LogP contribution in [-0.4, -0.2) is 24.3 Å². The number of ether oxygens (including phenoxy) is 1. The second-order valence-corrected chi connectivity index (χ2v) is 6.29. The Morgan fingerprint density at radius 1 is 1.16 bits per heavy atom. The van der Waals surface area contributed by atoms with Gasteiger partial charge < -0.3 is 21.1 Å². The van der Waals surface area contributed by atoms with E-state index in [4.69, 9.17) is 5.73 Å². The number of halogens is 4. The lowest BCUT2D eigenvalue weighted by Gasteiger charge is -2.13. The van der Waals surface area contributed by atoms with Crippen LogP contribution < -0.4 is 21.1 Å². The lowest BCUT2D eigenvalue weighted by atomic mass is 9.99. The summed E-state index contributed by atoms with van der Waals surface area (Å²) >= 11 is 0. The van der Waals surface area contributed by atoms with E-state index in [-0.39, 0.29) is 22.5 Å². The van der Waals surface area contributed by atoms with Gasteiger partial charge in [-0.3, -0.25) is 14.4 Å². The highest BCUT2D eigenvalue weighted by Gasteiger charge is 2.33. The molecule has 0 atom stereocenters. The Balaban J connectivity index is 2.11. The summed E-state index contributed by atoms with van der Waals surface area (Å²) in [4.78, 5) is 36.7. The Morgan fingerprint density at radius 2 is 1.84 bits per heavy atom. The maximum absolute atomic E-state index is 13.2. The monoisotopic (exact) mass is 448 g/mol. The van der Waals surface area contributed by atoms with Gasteiger partial charge in [-0.05, 0) is 24.3 Å². The summed E-state index contributed by atoms with van der Waals surface area (Å²) in [6, 6.07) is 8.56. The van der Waals surface area contributed by atoms with Crippen molar-refractivity contribution in [3.05, 3.63) is 58.7 Å². The van der Waals surface area contributed by atoms with Gasteiger partial charge >= 0.3 is 6.61 Å². The largest absolute Gasteiger partial charge is 0.434 e. The molecule has 164 valence electrons. The molecule has 1 aliphatic heterocycles. The summed E-state index contributed by atoms with van der Waals surface area (Å²) in [5, 5.41) is 14.0. The van der Waals surface area contributed by atoms with Crippen LogP contribution >= 0.6 is 0 Å². The molecule has 0 unspecified atom stereocenters. The summed E-state index contributed by atoms with van der Waals surface area (Å²) in [7, 11) is 0. The maximum atomic E-state index is 13.2. The fraction of sp³-hybridized carbons (Fsp3) is 0.100. The van der Waals surface area contributed by atoms with Crippen LogP contribution in [0.5, 0.6) is 5.75 Å². The highest BCUT2D eigenvalue weighted by atomic mass is 19.3. The number of amides is 3. The first-order valence-corrected chi connectivity index (χ1v) is 8.71. The number of anilines is 2. The number of fused-ring (bicyclic) bond motifs is 1. The first-order valence-electron chi connectivity index (χ1n) is 8.71. The molecule has 8 nitrogen and oxygen atoms in total. The van der Waals surface area contributed by atoms with Gasteiger partial charge in [0, 0.05) is 11.3 Å². The number of primary amides is 1. The smallest absolute Gasteiger partial charge is 0.387 e. The molecule has 0 saturated carbocycles. The molecule has 0 saturated heterocycles. The summed E-state index contributed by atoms with van der Waals surface area (Å²) in [6.45, 7) is -3.44. The van der Waals surface area contributed by atoms with Crippen molar-refractivity contribution >= 4 is 34.7 Å². The molecule has 32 heavy (non-hydrogen) atoms. The van der Waals surface area contributed by atoms with Crippen LogP contribution in [0.25, 0.3) is 5.57 Å². The number of benzene rings is 2. The van der Waals surface area contributed by atoms with Crippen LogP contribution in [0.1, 0.15) is 27.9 Å². The number of para-hydroxylation sites is 1. The van der Waals surface area contributed by atoms with E-state index in [2.05, 4.69) is 15.4 Å². The molecular formula is C20H12F4N4O4. The van der Waals surface area contributed by atoms with Crippen LogP contribution in [0.3, 0.4) is 0 Å². The minimum atomic E-state index is -3.44. The molecule has 1 heterocycles. The summed E-state index contributed by atoms with van der Waals surface area (Å²) in [5.74, 6) is -3.90. The van der Waals surface area contributed by atoms with Crippen molar-refractivity contribution in [3.8, 4) is 11.8 Å². The Kier molecular flexibility index (Phi) is 6.10. The standard InChI is InChI=1S/C20H12F4N4O4/c21-16(22)10-5-13-9(6-14(10)32-20(23)24)15(19(31)28-13)11(7-25)18(30)27-12-4-2-1-3-8(12)17(26)29/h1-6,16,20H,(H2,26,29)(H,27,30)(H,28,31)/b15-11-. The zero-order valence-electron chi connectivity index (χ0n) is 15.8. The SMILES string of the molecule is N#C/C(C(=O)Nc1ccccc1C(N)=O)=C1/C(=O)Nc2cc(C(F)F)c(OC(F)F)cc21. The minimum absolute atomic E-state index is 0.0493. The second kappa shape index (κ2) is 8.76. The molecule has 12 heteroatoms. The summed E-state index contributed by atoms with van der Waals surface area (Å²) in [5.41, 5.74) is 2.41. The fourth-order valence-electron chi connectivity index (χ4n) is 3.04. The van der Waals surface area contributed by atoms with Gasteiger partial charge in [0.25, 0.3) is 24.1 Å². The zero-order chi connectivity index (χ0) is 23.6. The molecule has 2 aromatic carbocycles. The highest BCUT2D eigenvalue weighted by Crippen LogP contribution is 2.42. The van der Waals surface area contributed by atoms with Gasteiger partial charge in [0.15, 0.2) is 0 Å². The molecule has 2 aromatic rings. The van der Waals surface area contributed by atoms with E-state index in [0.717, 1.165) is 12.1 Å². The van der Waals surface area contributed by atoms with E-state index in [1.807, 2.05) is 0 Å². The normalized spacial score (nSPS) is 14.0. The topological polar surface area (TPSA) is 134 Å². The Hall–Kier alpha value is -4.40. The highest BCUT2D eigenvalue weighted by molar-refractivity contribution is 6.37. The number of alkyl halides is 4. The number of nitrogens with two attached hydrogens (primary N) is 1. The lowest BCUT2D eigenvalue weighted by molar-refractivity contribution is -0.113. The Labute approximate surface area is 177 Å². The van der Waals surface area contributed by atoms with Gasteiger partial charge in [0.05, 0.1) is 22.4 Å². The molecule has 0 aliphatic carbocycles. The van der Waals surface area contributed by atoms with E-state index in [1.165, 1.54) is 30.3 Å². The maximum Gasteiger partial charge on any atom is 0.387 e. The fourth-order valence-corrected chi connectivity index (χ4v) is 3.04. The average molecular weight is 448 g/mol. The molecule has 0 fully saturated rings. The van der Waals surface area contributed by atoms with Crippen molar-refractivity contribution in [2.75, 3.05) is 10.6 Å². The van der Waals surface area contributed by atoms with Crippen LogP contribution in [0, 0.1) is 11.3 Å². The number of hydrogen-bond donors (Lipinski definition) is 3. The third-order valence-corrected chi connectivity index (χ3v) is 4.38. The first-order chi connectivity index (χ1) is 15.1. The van der Waals surface area contributed by atoms with Crippen LogP contribution in [0.2, 0.25) is 0 Å². The predicted octanol–water partition coefficient (Wildman–Crippen LogP) is 3.19.